The third kappa shape index (κ3) is 4.61. The van der Waals surface area contributed by atoms with E-state index < -0.39 is 5.97 Å². The number of urea groups is 1. The molecule has 0 radical (unpaired) electrons. The van der Waals surface area contributed by atoms with Gasteiger partial charge in [-0.3, -0.25) is 4.79 Å². The van der Waals surface area contributed by atoms with Gasteiger partial charge in [-0.2, -0.15) is 0 Å². The number of nitrogens with zero attached hydrogens (tertiary/aromatic N) is 1. The second-order valence-corrected chi connectivity index (χ2v) is 7.35. The van der Waals surface area contributed by atoms with Crippen LogP contribution in [-0.4, -0.2) is 40.6 Å². The van der Waals surface area contributed by atoms with Gasteiger partial charge < -0.3 is 15.3 Å². The molecule has 0 saturated heterocycles. The van der Waals surface area contributed by atoms with Crippen LogP contribution >= 0.6 is 0 Å². The van der Waals surface area contributed by atoms with Crippen LogP contribution in [0.3, 0.4) is 0 Å². The molecule has 0 aromatic carbocycles. The second kappa shape index (κ2) is 6.67. The molecule has 2 N–H and O–H groups in total. The molecule has 2 aliphatic carbocycles. The fourth-order valence-corrected chi connectivity index (χ4v) is 3.53. The fourth-order valence-electron chi connectivity index (χ4n) is 3.53. The molecule has 2 saturated carbocycles. The SMILES string of the molecule is CC1(C)CCC(NC(=O)N(CC(=O)O)C2CCCC2)CC1. The summed E-state index contributed by atoms with van der Waals surface area (Å²) < 4.78 is 0. The van der Waals surface area contributed by atoms with E-state index >= 15 is 0 Å². The van der Waals surface area contributed by atoms with Gasteiger partial charge >= 0.3 is 12.0 Å². The van der Waals surface area contributed by atoms with E-state index in [9.17, 15) is 9.59 Å². The van der Waals surface area contributed by atoms with E-state index in [0.717, 1.165) is 51.4 Å². The lowest BCUT2D eigenvalue weighted by Gasteiger charge is -2.36. The third-order valence-electron chi connectivity index (χ3n) is 5.00. The molecular formula is C16H28N2O3. The van der Waals surface area contributed by atoms with Gasteiger partial charge in [-0.25, -0.2) is 4.79 Å². The van der Waals surface area contributed by atoms with Gasteiger partial charge in [0.1, 0.15) is 6.54 Å². The number of carboxylic acids is 1. The van der Waals surface area contributed by atoms with Crippen molar-refractivity contribution in [3.05, 3.63) is 0 Å². The second-order valence-electron chi connectivity index (χ2n) is 7.35. The highest BCUT2D eigenvalue weighted by Gasteiger charge is 2.32. The Hall–Kier alpha value is -1.26. The Kier molecular flexibility index (Phi) is 5.12. The molecule has 120 valence electrons. The smallest absolute Gasteiger partial charge is 0.323 e. The summed E-state index contributed by atoms with van der Waals surface area (Å²) in [6.07, 6.45) is 8.24. The van der Waals surface area contributed by atoms with Crippen LogP contribution in [0.4, 0.5) is 4.79 Å². The molecular weight excluding hydrogens is 268 g/mol. The zero-order valence-corrected chi connectivity index (χ0v) is 13.2. The Labute approximate surface area is 127 Å². The van der Waals surface area contributed by atoms with Crippen molar-refractivity contribution in [1.29, 1.82) is 0 Å². The van der Waals surface area contributed by atoms with Crippen molar-refractivity contribution in [3.63, 3.8) is 0 Å². The number of rotatable bonds is 4. The molecule has 2 aliphatic rings. The number of aliphatic carboxylic acids is 1. The highest BCUT2D eigenvalue weighted by molar-refractivity contribution is 5.80. The van der Waals surface area contributed by atoms with Gasteiger partial charge in [0, 0.05) is 12.1 Å². The molecule has 0 spiro atoms. The number of hydrogen-bond donors (Lipinski definition) is 2. The van der Waals surface area contributed by atoms with Crippen LogP contribution in [0.1, 0.15) is 65.2 Å². The molecule has 2 fully saturated rings. The van der Waals surface area contributed by atoms with Crippen LogP contribution in [0.25, 0.3) is 0 Å². The normalized spacial score (nSPS) is 23.0. The van der Waals surface area contributed by atoms with Gasteiger partial charge in [-0.15, -0.1) is 0 Å². The standard InChI is InChI=1S/C16H28N2O3/c1-16(2)9-7-12(8-10-16)17-15(21)18(11-14(19)20)13-5-3-4-6-13/h12-13H,3-11H2,1-2H3,(H,17,21)(H,19,20). The lowest BCUT2D eigenvalue weighted by Crippen LogP contribution is -2.51. The van der Waals surface area contributed by atoms with E-state index in [1.54, 1.807) is 0 Å². The zero-order chi connectivity index (χ0) is 15.5. The number of carbonyl (C=O) groups is 2. The van der Waals surface area contributed by atoms with Crippen LogP contribution in [-0.2, 0) is 4.79 Å². The first-order valence-corrected chi connectivity index (χ1v) is 8.16. The van der Waals surface area contributed by atoms with Gasteiger partial charge in [-0.05, 0) is 43.9 Å². The summed E-state index contributed by atoms with van der Waals surface area (Å²) in [7, 11) is 0. The lowest BCUT2D eigenvalue weighted by molar-refractivity contribution is -0.138. The number of nitrogens with one attached hydrogen (secondary N) is 1. The molecule has 0 bridgehead atoms. The van der Waals surface area contributed by atoms with Crippen molar-refractivity contribution in [1.82, 2.24) is 10.2 Å². The van der Waals surface area contributed by atoms with E-state index in [4.69, 9.17) is 5.11 Å². The molecule has 2 amide bonds. The fraction of sp³-hybridized carbons (Fsp3) is 0.875. The molecule has 0 aromatic heterocycles. The maximum atomic E-state index is 12.4. The molecule has 0 unspecified atom stereocenters. The average molecular weight is 296 g/mol. The molecule has 21 heavy (non-hydrogen) atoms. The highest BCUT2D eigenvalue weighted by atomic mass is 16.4. The van der Waals surface area contributed by atoms with Gasteiger partial charge in [-0.1, -0.05) is 26.7 Å². The van der Waals surface area contributed by atoms with Crippen molar-refractivity contribution in [3.8, 4) is 0 Å². The van der Waals surface area contributed by atoms with Gasteiger partial charge in [0.15, 0.2) is 0 Å². The Morgan fingerprint density at radius 1 is 1.14 bits per heavy atom. The van der Waals surface area contributed by atoms with Crippen molar-refractivity contribution in [2.24, 2.45) is 5.41 Å². The van der Waals surface area contributed by atoms with Gasteiger partial charge in [0.2, 0.25) is 0 Å². The topological polar surface area (TPSA) is 69.6 Å². The number of carbonyl (C=O) groups excluding carboxylic acids is 1. The molecule has 5 nitrogen and oxygen atoms in total. The van der Waals surface area contributed by atoms with E-state index in [0.29, 0.717) is 5.41 Å². The molecule has 0 atom stereocenters. The predicted octanol–water partition coefficient (Wildman–Crippen LogP) is 2.99. The summed E-state index contributed by atoms with van der Waals surface area (Å²) in [4.78, 5) is 25.0. The van der Waals surface area contributed by atoms with E-state index in [2.05, 4.69) is 19.2 Å². The minimum Gasteiger partial charge on any atom is -0.480 e. The predicted molar refractivity (Wildman–Crippen MR) is 81.2 cm³/mol. The highest BCUT2D eigenvalue weighted by Crippen LogP contribution is 2.35. The Balaban J connectivity index is 1.90. The molecule has 0 aliphatic heterocycles. The minimum absolute atomic E-state index is 0.0983. The van der Waals surface area contributed by atoms with Crippen molar-refractivity contribution in [2.45, 2.75) is 77.3 Å². The molecule has 2 rings (SSSR count). The molecule has 0 aromatic rings. The van der Waals surface area contributed by atoms with Gasteiger partial charge in [0.05, 0.1) is 0 Å². The zero-order valence-electron chi connectivity index (χ0n) is 13.2. The number of hydrogen-bond acceptors (Lipinski definition) is 2. The van der Waals surface area contributed by atoms with Crippen molar-refractivity contribution in [2.75, 3.05) is 6.54 Å². The monoisotopic (exact) mass is 296 g/mol. The number of carboxylic acid groups (broad SMARTS) is 1. The maximum absolute atomic E-state index is 12.4. The van der Waals surface area contributed by atoms with E-state index in [1.165, 1.54) is 4.90 Å². The summed E-state index contributed by atoms with van der Waals surface area (Å²) in [5.41, 5.74) is 0.368. The van der Waals surface area contributed by atoms with Gasteiger partial charge in [0.25, 0.3) is 0 Å². The maximum Gasteiger partial charge on any atom is 0.323 e. The Morgan fingerprint density at radius 2 is 1.71 bits per heavy atom. The first-order valence-electron chi connectivity index (χ1n) is 8.16. The van der Waals surface area contributed by atoms with Crippen molar-refractivity contribution < 1.29 is 14.7 Å². The summed E-state index contributed by atoms with van der Waals surface area (Å²) in [6, 6.07) is 0.110. The number of amides is 2. The summed E-state index contributed by atoms with van der Waals surface area (Å²) >= 11 is 0. The molecule has 5 heteroatoms. The summed E-state index contributed by atoms with van der Waals surface area (Å²) in [6.45, 7) is 4.34. The minimum atomic E-state index is -0.929. The van der Waals surface area contributed by atoms with Crippen molar-refractivity contribution >= 4 is 12.0 Å². The van der Waals surface area contributed by atoms with Crippen LogP contribution in [0.2, 0.25) is 0 Å². The summed E-state index contributed by atoms with van der Waals surface area (Å²) in [5.74, 6) is -0.929. The first kappa shape index (κ1) is 16.1. The van der Waals surface area contributed by atoms with Crippen LogP contribution in [0, 0.1) is 5.41 Å². The van der Waals surface area contributed by atoms with E-state index in [-0.39, 0.29) is 24.7 Å². The quantitative estimate of drug-likeness (QED) is 0.838. The van der Waals surface area contributed by atoms with E-state index in [1.807, 2.05) is 0 Å². The average Bonchev–Trinajstić information content (AvgIpc) is 2.92. The Bertz CT molecular complexity index is 379. The van der Waals surface area contributed by atoms with Crippen LogP contribution in [0.5, 0.6) is 0 Å². The largest absolute Gasteiger partial charge is 0.480 e. The van der Waals surface area contributed by atoms with Crippen LogP contribution < -0.4 is 5.32 Å². The third-order valence-corrected chi connectivity index (χ3v) is 5.00. The lowest BCUT2D eigenvalue weighted by atomic mass is 9.75. The Morgan fingerprint density at radius 3 is 2.24 bits per heavy atom. The summed E-state index contributed by atoms with van der Waals surface area (Å²) in [5, 5.41) is 12.1. The molecule has 0 heterocycles. The first-order chi connectivity index (χ1) is 9.87. The van der Waals surface area contributed by atoms with Crippen LogP contribution in [0.15, 0.2) is 0 Å².